The molecule has 0 amide bonds. The Bertz CT molecular complexity index is 296. The second-order valence-electron chi connectivity index (χ2n) is 3.00. The molecule has 0 aliphatic rings. The Morgan fingerprint density at radius 3 is 2.42 bits per heavy atom. The molecule has 64 valence electrons. The lowest BCUT2D eigenvalue weighted by Crippen LogP contribution is -2.05. The molecule has 1 atom stereocenters. The van der Waals surface area contributed by atoms with Crippen LogP contribution in [0, 0.1) is 11.3 Å². The maximum absolute atomic E-state index is 8.50. The first-order valence-corrected chi connectivity index (χ1v) is 3.90. The van der Waals surface area contributed by atoms with E-state index in [0.717, 1.165) is 5.76 Å². The van der Waals surface area contributed by atoms with E-state index in [1.165, 1.54) is 0 Å². The summed E-state index contributed by atoms with van der Waals surface area (Å²) in [5, 5.41) is 8.50. The SMILES string of the molecule is CC(C)c1ccc(C(N)C#N)o1. The summed E-state index contributed by atoms with van der Waals surface area (Å²) in [6.07, 6.45) is 0. The molecule has 0 saturated carbocycles. The van der Waals surface area contributed by atoms with E-state index in [4.69, 9.17) is 15.4 Å². The molecule has 3 nitrogen and oxygen atoms in total. The van der Waals surface area contributed by atoms with Gasteiger partial charge in [0.1, 0.15) is 11.5 Å². The van der Waals surface area contributed by atoms with Crippen LogP contribution >= 0.6 is 0 Å². The number of nitrogens with two attached hydrogens (primary N) is 1. The van der Waals surface area contributed by atoms with Gasteiger partial charge in [0.15, 0.2) is 6.04 Å². The van der Waals surface area contributed by atoms with Crippen LogP contribution in [0.4, 0.5) is 0 Å². The minimum Gasteiger partial charge on any atom is -0.463 e. The third kappa shape index (κ3) is 1.66. The Balaban J connectivity index is 2.86. The Morgan fingerprint density at radius 1 is 1.42 bits per heavy atom. The maximum Gasteiger partial charge on any atom is 0.151 e. The number of rotatable bonds is 2. The lowest BCUT2D eigenvalue weighted by Gasteiger charge is -1.99. The van der Waals surface area contributed by atoms with Crippen molar-refractivity contribution in [1.29, 1.82) is 5.26 Å². The van der Waals surface area contributed by atoms with Gasteiger partial charge in [0.2, 0.25) is 0 Å². The van der Waals surface area contributed by atoms with E-state index in [1.807, 2.05) is 26.0 Å². The minimum absolute atomic E-state index is 0.338. The van der Waals surface area contributed by atoms with E-state index in [0.29, 0.717) is 11.7 Å². The van der Waals surface area contributed by atoms with E-state index < -0.39 is 6.04 Å². The summed E-state index contributed by atoms with van der Waals surface area (Å²) < 4.78 is 5.35. The zero-order valence-electron chi connectivity index (χ0n) is 7.24. The van der Waals surface area contributed by atoms with Crippen molar-refractivity contribution in [2.75, 3.05) is 0 Å². The van der Waals surface area contributed by atoms with E-state index >= 15 is 0 Å². The fraction of sp³-hybridized carbons (Fsp3) is 0.444. The Morgan fingerprint density at radius 2 is 2.00 bits per heavy atom. The number of hydrogen-bond donors (Lipinski definition) is 1. The van der Waals surface area contributed by atoms with Crippen LogP contribution in [0.3, 0.4) is 0 Å². The summed E-state index contributed by atoms with van der Waals surface area (Å²) in [7, 11) is 0. The molecule has 0 fully saturated rings. The Labute approximate surface area is 71.8 Å². The van der Waals surface area contributed by atoms with Gasteiger partial charge in [-0.15, -0.1) is 0 Å². The van der Waals surface area contributed by atoms with Gasteiger partial charge in [-0.1, -0.05) is 13.8 Å². The lowest BCUT2D eigenvalue weighted by atomic mass is 10.2. The van der Waals surface area contributed by atoms with Gasteiger partial charge < -0.3 is 10.2 Å². The van der Waals surface area contributed by atoms with Gasteiger partial charge in [0.25, 0.3) is 0 Å². The number of furan rings is 1. The number of nitrogens with zero attached hydrogens (tertiary/aromatic N) is 1. The molecular weight excluding hydrogens is 152 g/mol. The first-order chi connectivity index (χ1) is 5.65. The van der Waals surface area contributed by atoms with Gasteiger partial charge in [-0.3, -0.25) is 0 Å². The predicted molar refractivity (Wildman–Crippen MR) is 45.3 cm³/mol. The first-order valence-electron chi connectivity index (χ1n) is 3.90. The van der Waals surface area contributed by atoms with Crippen LogP contribution in [0.25, 0.3) is 0 Å². The molecular formula is C9H12N2O. The molecule has 0 radical (unpaired) electrons. The van der Waals surface area contributed by atoms with Crippen LogP contribution in [0.1, 0.15) is 37.3 Å². The second-order valence-corrected chi connectivity index (χ2v) is 3.00. The van der Waals surface area contributed by atoms with Crippen molar-refractivity contribution in [1.82, 2.24) is 0 Å². The highest BCUT2D eigenvalue weighted by Crippen LogP contribution is 2.20. The third-order valence-electron chi connectivity index (χ3n) is 1.66. The summed E-state index contributed by atoms with van der Waals surface area (Å²) in [6.45, 7) is 4.06. The fourth-order valence-electron chi connectivity index (χ4n) is 0.909. The van der Waals surface area contributed by atoms with E-state index in [-0.39, 0.29) is 0 Å². The predicted octanol–water partition coefficient (Wildman–Crippen LogP) is 1.93. The van der Waals surface area contributed by atoms with Crippen LogP contribution in [-0.2, 0) is 0 Å². The summed E-state index contributed by atoms with van der Waals surface area (Å²) in [5.74, 6) is 1.75. The van der Waals surface area contributed by atoms with Crippen molar-refractivity contribution in [2.24, 2.45) is 5.73 Å². The van der Waals surface area contributed by atoms with Gasteiger partial charge in [0.05, 0.1) is 6.07 Å². The summed E-state index contributed by atoms with van der Waals surface area (Å²) >= 11 is 0. The molecule has 2 N–H and O–H groups in total. The van der Waals surface area contributed by atoms with Crippen molar-refractivity contribution in [3.63, 3.8) is 0 Å². The maximum atomic E-state index is 8.50. The quantitative estimate of drug-likeness (QED) is 0.726. The number of hydrogen-bond acceptors (Lipinski definition) is 3. The third-order valence-corrected chi connectivity index (χ3v) is 1.66. The lowest BCUT2D eigenvalue weighted by molar-refractivity contribution is 0.439. The van der Waals surface area contributed by atoms with Gasteiger partial charge in [-0.05, 0) is 12.1 Å². The van der Waals surface area contributed by atoms with Crippen molar-refractivity contribution < 1.29 is 4.42 Å². The standard InChI is InChI=1S/C9H12N2O/c1-6(2)8-3-4-9(12-8)7(11)5-10/h3-4,6-7H,11H2,1-2H3. The average Bonchev–Trinajstić information content (AvgIpc) is 2.51. The van der Waals surface area contributed by atoms with Gasteiger partial charge in [-0.25, -0.2) is 0 Å². The molecule has 0 aliphatic carbocycles. The highest BCUT2D eigenvalue weighted by molar-refractivity contribution is 5.16. The van der Waals surface area contributed by atoms with E-state index in [1.54, 1.807) is 6.07 Å². The molecule has 0 spiro atoms. The van der Waals surface area contributed by atoms with Crippen molar-refractivity contribution >= 4 is 0 Å². The highest BCUT2D eigenvalue weighted by Gasteiger charge is 2.10. The average molecular weight is 164 g/mol. The molecule has 0 aromatic carbocycles. The topological polar surface area (TPSA) is 63.0 Å². The molecule has 3 heteroatoms. The van der Waals surface area contributed by atoms with Crippen LogP contribution in [0.5, 0.6) is 0 Å². The van der Waals surface area contributed by atoms with Crippen LogP contribution in [0.2, 0.25) is 0 Å². The largest absolute Gasteiger partial charge is 0.463 e. The Hall–Kier alpha value is -1.27. The smallest absolute Gasteiger partial charge is 0.151 e. The summed E-state index contributed by atoms with van der Waals surface area (Å²) in [5.41, 5.74) is 5.45. The molecule has 1 aromatic rings. The fourth-order valence-corrected chi connectivity index (χ4v) is 0.909. The zero-order chi connectivity index (χ0) is 9.14. The van der Waals surface area contributed by atoms with Gasteiger partial charge in [0, 0.05) is 5.92 Å². The first kappa shape index (κ1) is 8.82. The molecule has 0 bridgehead atoms. The monoisotopic (exact) mass is 164 g/mol. The normalized spacial score (nSPS) is 12.9. The number of nitriles is 1. The molecule has 1 heterocycles. The minimum atomic E-state index is -0.641. The molecule has 1 aromatic heterocycles. The molecule has 1 rings (SSSR count). The molecule has 0 saturated heterocycles. The van der Waals surface area contributed by atoms with E-state index in [2.05, 4.69) is 0 Å². The zero-order valence-corrected chi connectivity index (χ0v) is 7.24. The summed E-state index contributed by atoms with van der Waals surface area (Å²) in [4.78, 5) is 0. The molecule has 0 aliphatic heterocycles. The van der Waals surface area contributed by atoms with Crippen molar-refractivity contribution in [3.05, 3.63) is 23.7 Å². The van der Waals surface area contributed by atoms with E-state index in [9.17, 15) is 0 Å². The van der Waals surface area contributed by atoms with Crippen LogP contribution < -0.4 is 5.73 Å². The van der Waals surface area contributed by atoms with Crippen molar-refractivity contribution in [3.8, 4) is 6.07 Å². The molecule has 1 unspecified atom stereocenters. The van der Waals surface area contributed by atoms with Gasteiger partial charge >= 0.3 is 0 Å². The van der Waals surface area contributed by atoms with Crippen LogP contribution in [-0.4, -0.2) is 0 Å². The van der Waals surface area contributed by atoms with Crippen LogP contribution in [0.15, 0.2) is 16.5 Å². The second kappa shape index (κ2) is 3.42. The van der Waals surface area contributed by atoms with Crippen molar-refractivity contribution in [2.45, 2.75) is 25.8 Å². The Kier molecular flexibility index (Phi) is 2.51. The summed E-state index contributed by atoms with van der Waals surface area (Å²) in [6, 6.07) is 4.89. The highest BCUT2D eigenvalue weighted by atomic mass is 16.3. The molecule has 12 heavy (non-hydrogen) atoms. The van der Waals surface area contributed by atoms with Gasteiger partial charge in [-0.2, -0.15) is 5.26 Å².